The van der Waals surface area contributed by atoms with Crippen LogP contribution in [0.2, 0.25) is 0 Å². The lowest BCUT2D eigenvalue weighted by molar-refractivity contribution is 0.609. The van der Waals surface area contributed by atoms with E-state index in [1.54, 1.807) is 18.2 Å². The third-order valence-corrected chi connectivity index (χ3v) is 7.24. The summed E-state index contributed by atoms with van der Waals surface area (Å²) in [6.07, 6.45) is 10.1. The fourth-order valence-corrected chi connectivity index (χ4v) is 4.72. The molecular formula is C30H26F2N8. The van der Waals surface area contributed by atoms with E-state index in [1.807, 2.05) is 51.8 Å². The molecule has 8 rings (SSSR count). The lowest BCUT2D eigenvalue weighted by atomic mass is 10.2. The average molecular weight is 537 g/mol. The van der Waals surface area contributed by atoms with Gasteiger partial charge in [-0.2, -0.15) is 9.97 Å². The highest BCUT2D eigenvalue weighted by Crippen LogP contribution is 2.24. The maximum Gasteiger partial charge on any atom is 0.236 e. The zero-order valence-corrected chi connectivity index (χ0v) is 21.7. The fraction of sp³-hybridized carbons (Fsp3) is 0.200. The second kappa shape index (κ2) is 10.0. The SMILES string of the molecule is Fc1ccc(-c2cn3ccc(N4CCC4)nc3n2)cc1.Fc1cccc(-c2cn3ccc(N4CCC4)nc3n2)c1. The lowest BCUT2D eigenvalue weighted by Gasteiger charge is -2.31. The zero-order valence-electron chi connectivity index (χ0n) is 21.7. The van der Waals surface area contributed by atoms with Gasteiger partial charge in [-0.15, -0.1) is 0 Å². The summed E-state index contributed by atoms with van der Waals surface area (Å²) in [4.78, 5) is 22.6. The highest BCUT2D eigenvalue weighted by Gasteiger charge is 2.18. The number of hydrogen-bond donors (Lipinski definition) is 0. The molecule has 2 fully saturated rings. The Morgan fingerprint density at radius 1 is 0.550 bits per heavy atom. The van der Waals surface area contributed by atoms with E-state index in [9.17, 15) is 8.78 Å². The first-order chi connectivity index (χ1) is 19.6. The number of nitrogens with zero attached hydrogens (tertiary/aromatic N) is 8. The van der Waals surface area contributed by atoms with Crippen molar-refractivity contribution >= 4 is 23.2 Å². The molecule has 2 saturated heterocycles. The number of anilines is 2. The first kappa shape index (κ1) is 24.2. The number of imidazole rings is 2. The smallest absolute Gasteiger partial charge is 0.236 e. The van der Waals surface area contributed by atoms with Crippen LogP contribution in [0.1, 0.15) is 12.8 Å². The Balaban J connectivity index is 0.000000132. The Hall–Kier alpha value is -4.86. The normalized spacial score (nSPS) is 14.6. The standard InChI is InChI=1S/2C15H13FN4/c16-12-4-2-11(3-5-12)13-10-20-9-6-14(18-15(20)17-13)19-7-1-8-19;16-12-4-1-3-11(9-12)13-10-20-8-5-14(18-15(20)17-13)19-6-2-7-19/h2-6,9-10H,1,7-8H2;1,3-5,8-10H,2,6-7H2. The number of halogens is 2. The van der Waals surface area contributed by atoms with Gasteiger partial charge in [-0.1, -0.05) is 12.1 Å². The Bertz CT molecular complexity index is 1800. The highest BCUT2D eigenvalue weighted by atomic mass is 19.1. The van der Waals surface area contributed by atoms with Crippen LogP contribution in [0.5, 0.6) is 0 Å². The van der Waals surface area contributed by atoms with Crippen molar-refractivity contribution in [3.63, 3.8) is 0 Å². The molecule has 8 nitrogen and oxygen atoms in total. The van der Waals surface area contributed by atoms with Crippen LogP contribution >= 0.6 is 0 Å². The van der Waals surface area contributed by atoms with E-state index in [0.717, 1.165) is 60.3 Å². The van der Waals surface area contributed by atoms with Crippen molar-refractivity contribution < 1.29 is 8.78 Å². The van der Waals surface area contributed by atoms with E-state index in [-0.39, 0.29) is 11.6 Å². The molecule has 0 unspecified atom stereocenters. The first-order valence-electron chi connectivity index (χ1n) is 13.3. The molecule has 0 atom stereocenters. The fourth-order valence-electron chi connectivity index (χ4n) is 4.72. The van der Waals surface area contributed by atoms with Crippen LogP contribution in [0, 0.1) is 11.6 Å². The van der Waals surface area contributed by atoms with Crippen LogP contribution in [-0.2, 0) is 0 Å². The zero-order chi connectivity index (χ0) is 27.1. The molecule has 10 heteroatoms. The van der Waals surface area contributed by atoms with Crippen molar-refractivity contribution in [1.29, 1.82) is 0 Å². The highest BCUT2D eigenvalue weighted by molar-refractivity contribution is 5.63. The maximum atomic E-state index is 13.3. The molecule has 2 aromatic carbocycles. The summed E-state index contributed by atoms with van der Waals surface area (Å²) in [5.41, 5.74) is 3.19. The van der Waals surface area contributed by atoms with E-state index in [4.69, 9.17) is 0 Å². The minimum Gasteiger partial charge on any atom is -0.356 e. The molecule has 2 aliphatic heterocycles. The Morgan fingerprint density at radius 2 is 1.10 bits per heavy atom. The lowest BCUT2D eigenvalue weighted by Crippen LogP contribution is -2.37. The molecule has 0 spiro atoms. The molecule has 200 valence electrons. The summed E-state index contributed by atoms with van der Waals surface area (Å²) in [5.74, 6) is 2.76. The molecule has 0 saturated carbocycles. The molecular weight excluding hydrogens is 510 g/mol. The van der Waals surface area contributed by atoms with Crippen LogP contribution in [0.25, 0.3) is 34.1 Å². The molecule has 0 N–H and O–H groups in total. The van der Waals surface area contributed by atoms with E-state index < -0.39 is 0 Å². The Morgan fingerprint density at radius 3 is 1.60 bits per heavy atom. The molecule has 6 aromatic rings. The van der Waals surface area contributed by atoms with Crippen molar-refractivity contribution in [2.75, 3.05) is 36.0 Å². The largest absolute Gasteiger partial charge is 0.356 e. The van der Waals surface area contributed by atoms with Gasteiger partial charge in [-0.3, -0.25) is 8.80 Å². The quantitative estimate of drug-likeness (QED) is 0.297. The van der Waals surface area contributed by atoms with Gasteiger partial charge < -0.3 is 9.80 Å². The molecule has 40 heavy (non-hydrogen) atoms. The van der Waals surface area contributed by atoms with Crippen LogP contribution < -0.4 is 9.80 Å². The van der Waals surface area contributed by atoms with Crippen molar-refractivity contribution in [3.05, 3.63) is 97.1 Å². The number of hydrogen-bond acceptors (Lipinski definition) is 6. The van der Waals surface area contributed by atoms with Crippen LogP contribution in [-0.4, -0.2) is 54.9 Å². The van der Waals surface area contributed by atoms with Gasteiger partial charge in [0, 0.05) is 62.1 Å². The number of rotatable bonds is 4. The van der Waals surface area contributed by atoms with Crippen molar-refractivity contribution in [2.45, 2.75) is 12.8 Å². The molecule has 4 aromatic heterocycles. The second-order valence-electron chi connectivity index (χ2n) is 9.94. The van der Waals surface area contributed by atoms with Gasteiger partial charge in [-0.05, 0) is 61.4 Å². The molecule has 0 bridgehead atoms. The summed E-state index contributed by atoms with van der Waals surface area (Å²) >= 11 is 0. The molecule has 2 aliphatic rings. The van der Waals surface area contributed by atoms with Crippen molar-refractivity contribution in [3.8, 4) is 22.5 Å². The predicted octanol–water partition coefficient (Wildman–Crippen LogP) is 5.49. The topological polar surface area (TPSA) is 66.9 Å². The third kappa shape index (κ3) is 4.72. The molecule has 0 radical (unpaired) electrons. The maximum absolute atomic E-state index is 13.3. The Labute approximate surface area is 229 Å². The minimum atomic E-state index is -0.256. The number of fused-ring (bicyclic) bond motifs is 2. The van der Waals surface area contributed by atoms with Gasteiger partial charge in [-0.25, -0.2) is 18.7 Å². The van der Waals surface area contributed by atoms with E-state index >= 15 is 0 Å². The average Bonchev–Trinajstić information content (AvgIpc) is 3.51. The van der Waals surface area contributed by atoms with Crippen molar-refractivity contribution in [1.82, 2.24) is 28.7 Å². The molecule has 0 aliphatic carbocycles. The monoisotopic (exact) mass is 536 g/mol. The molecule has 6 heterocycles. The summed E-state index contributed by atoms with van der Waals surface area (Å²) < 4.78 is 30.0. The first-order valence-corrected chi connectivity index (χ1v) is 13.3. The summed E-state index contributed by atoms with van der Waals surface area (Å²) in [5, 5.41) is 0. The number of aromatic nitrogens is 6. The Kier molecular flexibility index (Phi) is 6.07. The van der Waals surface area contributed by atoms with Crippen LogP contribution in [0.3, 0.4) is 0 Å². The second-order valence-corrected chi connectivity index (χ2v) is 9.94. The van der Waals surface area contributed by atoms with Gasteiger partial charge in [0.05, 0.1) is 11.4 Å². The van der Waals surface area contributed by atoms with Gasteiger partial charge in [0.2, 0.25) is 11.6 Å². The third-order valence-electron chi connectivity index (χ3n) is 7.24. The molecule has 0 amide bonds. The van der Waals surface area contributed by atoms with E-state index in [2.05, 4.69) is 29.7 Å². The summed E-state index contributed by atoms with van der Waals surface area (Å²) in [6.45, 7) is 4.24. The summed E-state index contributed by atoms with van der Waals surface area (Å²) in [7, 11) is 0. The van der Waals surface area contributed by atoms with Gasteiger partial charge in [0.15, 0.2) is 0 Å². The van der Waals surface area contributed by atoms with E-state index in [0.29, 0.717) is 11.6 Å². The summed E-state index contributed by atoms with van der Waals surface area (Å²) in [6, 6.07) is 16.8. The van der Waals surface area contributed by atoms with Gasteiger partial charge in [0.1, 0.15) is 23.3 Å². The van der Waals surface area contributed by atoms with E-state index in [1.165, 1.54) is 37.1 Å². The van der Waals surface area contributed by atoms with Crippen LogP contribution in [0.15, 0.2) is 85.5 Å². The van der Waals surface area contributed by atoms with Gasteiger partial charge >= 0.3 is 0 Å². The van der Waals surface area contributed by atoms with Gasteiger partial charge in [0.25, 0.3) is 0 Å². The van der Waals surface area contributed by atoms with Crippen molar-refractivity contribution in [2.24, 2.45) is 0 Å². The number of benzene rings is 2. The predicted molar refractivity (Wildman–Crippen MR) is 150 cm³/mol. The minimum absolute atomic E-state index is 0.240. The van der Waals surface area contributed by atoms with Crippen LogP contribution in [0.4, 0.5) is 20.4 Å².